The Hall–Kier alpha value is -2.55. The summed E-state index contributed by atoms with van der Waals surface area (Å²) in [5, 5.41) is 13.6. The largest absolute Gasteiger partial charge is 0.384 e. The summed E-state index contributed by atoms with van der Waals surface area (Å²) in [5.74, 6) is -1.39. The lowest BCUT2D eigenvalue weighted by Crippen LogP contribution is -2.10. The molecule has 0 saturated carbocycles. The number of sulfone groups is 1. The average Bonchev–Trinajstić information content (AvgIpc) is 2.45. The third-order valence-electron chi connectivity index (χ3n) is 3.23. The zero-order valence-corrected chi connectivity index (χ0v) is 13.4. The van der Waals surface area contributed by atoms with Gasteiger partial charge in [0.1, 0.15) is 11.6 Å². The fraction of sp³-hybridized carbons (Fsp3) is 0.200. The minimum absolute atomic E-state index is 0.194. The number of nitrogens with one attached hydrogen (secondary N) is 1. The molecule has 9 heteroatoms. The smallest absolute Gasteiger partial charge is 0.270 e. The van der Waals surface area contributed by atoms with Crippen LogP contribution in [0, 0.1) is 21.7 Å². The Balaban J connectivity index is 2.19. The fourth-order valence-corrected chi connectivity index (χ4v) is 3.05. The normalized spacial score (nSPS) is 11.3. The van der Waals surface area contributed by atoms with Gasteiger partial charge in [-0.2, -0.15) is 0 Å². The first kappa shape index (κ1) is 17.8. The summed E-state index contributed by atoms with van der Waals surface area (Å²) in [6.07, 6.45) is 1.19. The van der Waals surface area contributed by atoms with E-state index in [1.165, 1.54) is 24.3 Å². The molecule has 0 aliphatic rings. The van der Waals surface area contributed by atoms with E-state index in [2.05, 4.69) is 5.32 Å². The summed E-state index contributed by atoms with van der Waals surface area (Å²) >= 11 is 0. The molecule has 0 amide bonds. The Labute approximate surface area is 137 Å². The number of halogens is 2. The lowest BCUT2D eigenvalue weighted by atomic mass is 10.1. The predicted octanol–water partition coefficient (Wildman–Crippen LogP) is 2.93. The molecule has 0 aromatic heterocycles. The van der Waals surface area contributed by atoms with Crippen molar-refractivity contribution in [2.24, 2.45) is 0 Å². The lowest BCUT2D eigenvalue weighted by Gasteiger charge is -2.11. The van der Waals surface area contributed by atoms with Crippen molar-refractivity contribution in [3.05, 3.63) is 63.7 Å². The van der Waals surface area contributed by atoms with E-state index in [1.54, 1.807) is 0 Å². The number of nitro groups is 1. The summed E-state index contributed by atoms with van der Waals surface area (Å²) < 4.78 is 49.8. The maximum Gasteiger partial charge on any atom is 0.270 e. The highest BCUT2D eigenvalue weighted by molar-refractivity contribution is 7.90. The van der Waals surface area contributed by atoms with Crippen LogP contribution < -0.4 is 5.32 Å². The highest BCUT2D eigenvalue weighted by atomic mass is 32.2. The monoisotopic (exact) mass is 356 g/mol. The second kappa shape index (κ2) is 6.91. The second-order valence-corrected chi connectivity index (χ2v) is 7.15. The Morgan fingerprint density at radius 1 is 1.12 bits per heavy atom. The van der Waals surface area contributed by atoms with Crippen molar-refractivity contribution in [1.29, 1.82) is 0 Å². The Morgan fingerprint density at radius 3 is 2.29 bits per heavy atom. The van der Waals surface area contributed by atoms with Crippen LogP contribution in [-0.2, 0) is 16.3 Å². The molecule has 2 aromatic carbocycles. The molecule has 0 bridgehead atoms. The van der Waals surface area contributed by atoms with E-state index in [9.17, 15) is 27.3 Å². The Bertz CT molecular complexity index is 865. The standard InChI is InChI=1S/C15H14F2N2O4S/c1-24(22,23)15-9-13(19(20)21)2-3-14(15)18-5-4-10-6-11(16)8-12(17)7-10/h2-3,6-9,18H,4-5H2,1H3. The maximum absolute atomic E-state index is 13.1. The Kier molecular flexibility index (Phi) is 5.13. The molecular formula is C15H14F2N2O4S. The number of benzene rings is 2. The maximum atomic E-state index is 13.1. The Morgan fingerprint density at radius 2 is 1.75 bits per heavy atom. The summed E-state index contributed by atoms with van der Waals surface area (Å²) in [6, 6.07) is 6.56. The van der Waals surface area contributed by atoms with E-state index >= 15 is 0 Å². The first-order valence-corrected chi connectivity index (χ1v) is 8.73. The van der Waals surface area contributed by atoms with Crippen LogP contribution >= 0.6 is 0 Å². The minimum Gasteiger partial charge on any atom is -0.384 e. The van der Waals surface area contributed by atoms with Crippen molar-refractivity contribution < 1.29 is 22.1 Å². The zero-order chi connectivity index (χ0) is 17.9. The van der Waals surface area contributed by atoms with Gasteiger partial charge in [-0.25, -0.2) is 17.2 Å². The van der Waals surface area contributed by atoms with Gasteiger partial charge in [-0.05, 0) is 30.2 Å². The predicted molar refractivity (Wildman–Crippen MR) is 84.8 cm³/mol. The van der Waals surface area contributed by atoms with Crippen LogP contribution in [0.4, 0.5) is 20.2 Å². The van der Waals surface area contributed by atoms with E-state index in [1.807, 2.05) is 0 Å². The van der Waals surface area contributed by atoms with Gasteiger partial charge in [0.15, 0.2) is 9.84 Å². The number of nitrogens with zero attached hydrogens (tertiary/aromatic N) is 1. The average molecular weight is 356 g/mol. The molecule has 0 heterocycles. The second-order valence-electron chi connectivity index (χ2n) is 5.16. The lowest BCUT2D eigenvalue weighted by molar-refractivity contribution is -0.385. The molecule has 2 rings (SSSR count). The van der Waals surface area contributed by atoms with Crippen molar-refractivity contribution >= 4 is 21.2 Å². The van der Waals surface area contributed by atoms with Crippen LogP contribution in [0.5, 0.6) is 0 Å². The van der Waals surface area contributed by atoms with Crippen molar-refractivity contribution in [1.82, 2.24) is 0 Å². The van der Waals surface area contributed by atoms with Crippen molar-refractivity contribution in [3.8, 4) is 0 Å². The van der Waals surface area contributed by atoms with E-state index in [0.717, 1.165) is 18.4 Å². The molecule has 0 radical (unpaired) electrons. The van der Waals surface area contributed by atoms with Crippen LogP contribution in [0.2, 0.25) is 0 Å². The number of anilines is 1. The van der Waals surface area contributed by atoms with Gasteiger partial charge >= 0.3 is 0 Å². The highest BCUT2D eigenvalue weighted by Gasteiger charge is 2.18. The van der Waals surface area contributed by atoms with E-state index in [4.69, 9.17) is 0 Å². The summed E-state index contributed by atoms with van der Waals surface area (Å²) in [7, 11) is -3.68. The quantitative estimate of drug-likeness (QED) is 0.635. The third kappa shape index (κ3) is 4.48. The molecule has 0 fully saturated rings. The summed E-state index contributed by atoms with van der Waals surface area (Å²) in [6.45, 7) is 0.198. The number of hydrogen-bond acceptors (Lipinski definition) is 5. The summed E-state index contributed by atoms with van der Waals surface area (Å²) in [4.78, 5) is 9.88. The van der Waals surface area contributed by atoms with Crippen LogP contribution in [0.1, 0.15) is 5.56 Å². The fourth-order valence-electron chi connectivity index (χ4n) is 2.17. The first-order chi connectivity index (χ1) is 11.2. The van der Waals surface area contributed by atoms with E-state index in [0.29, 0.717) is 5.56 Å². The molecule has 0 aliphatic carbocycles. The number of non-ortho nitro benzene ring substituents is 1. The number of hydrogen-bond donors (Lipinski definition) is 1. The van der Waals surface area contributed by atoms with Crippen LogP contribution in [0.15, 0.2) is 41.3 Å². The van der Waals surface area contributed by atoms with Gasteiger partial charge in [0.2, 0.25) is 0 Å². The third-order valence-corrected chi connectivity index (χ3v) is 4.36. The molecule has 2 aromatic rings. The number of rotatable bonds is 6. The summed E-state index contributed by atoms with van der Waals surface area (Å²) in [5.41, 5.74) is 0.260. The van der Waals surface area contributed by atoms with Crippen LogP contribution in [-0.4, -0.2) is 26.1 Å². The zero-order valence-electron chi connectivity index (χ0n) is 12.6. The van der Waals surface area contributed by atoms with Gasteiger partial charge in [0.25, 0.3) is 5.69 Å². The van der Waals surface area contributed by atoms with Gasteiger partial charge in [0.05, 0.1) is 15.5 Å². The molecule has 0 saturated heterocycles. The highest BCUT2D eigenvalue weighted by Crippen LogP contribution is 2.26. The van der Waals surface area contributed by atoms with Crippen molar-refractivity contribution in [2.75, 3.05) is 18.1 Å². The first-order valence-electron chi connectivity index (χ1n) is 6.84. The van der Waals surface area contributed by atoms with E-state index < -0.39 is 26.4 Å². The molecule has 0 atom stereocenters. The SMILES string of the molecule is CS(=O)(=O)c1cc([N+](=O)[O-])ccc1NCCc1cc(F)cc(F)c1. The molecule has 1 N–H and O–H groups in total. The molecule has 24 heavy (non-hydrogen) atoms. The van der Waals surface area contributed by atoms with E-state index in [-0.39, 0.29) is 29.2 Å². The van der Waals surface area contributed by atoms with Gasteiger partial charge in [-0.1, -0.05) is 0 Å². The topological polar surface area (TPSA) is 89.3 Å². The molecule has 0 unspecified atom stereocenters. The van der Waals surface area contributed by atoms with Gasteiger partial charge in [-0.3, -0.25) is 10.1 Å². The molecular weight excluding hydrogens is 342 g/mol. The van der Waals surface area contributed by atoms with Gasteiger partial charge in [0, 0.05) is 31.0 Å². The van der Waals surface area contributed by atoms with Crippen LogP contribution in [0.25, 0.3) is 0 Å². The van der Waals surface area contributed by atoms with Gasteiger partial charge in [-0.15, -0.1) is 0 Å². The van der Waals surface area contributed by atoms with Crippen molar-refractivity contribution in [3.63, 3.8) is 0 Å². The minimum atomic E-state index is -3.68. The molecule has 0 aliphatic heterocycles. The van der Waals surface area contributed by atoms with Gasteiger partial charge < -0.3 is 5.32 Å². The van der Waals surface area contributed by atoms with Crippen LogP contribution in [0.3, 0.4) is 0 Å². The molecule has 0 spiro atoms. The molecule has 128 valence electrons. The molecule has 6 nitrogen and oxygen atoms in total. The number of nitro benzene ring substituents is 1. The van der Waals surface area contributed by atoms with Crippen molar-refractivity contribution in [2.45, 2.75) is 11.3 Å².